The number of nitrogens with zero attached hydrogens (tertiary/aromatic N) is 3. The molecule has 1 saturated heterocycles. The molecule has 0 unspecified atom stereocenters. The quantitative estimate of drug-likeness (QED) is 0.601. The average Bonchev–Trinajstić information content (AvgIpc) is 2.55. The topological polar surface area (TPSA) is 65.0 Å². The van der Waals surface area contributed by atoms with E-state index in [2.05, 4.69) is 36.1 Å². The summed E-state index contributed by atoms with van der Waals surface area (Å²) in [5.74, 6) is 1.06. The van der Waals surface area contributed by atoms with Gasteiger partial charge in [-0.15, -0.1) is 0 Å². The van der Waals surface area contributed by atoms with Gasteiger partial charge in [-0.05, 0) is 47.7 Å². The third-order valence-electron chi connectivity index (χ3n) is 5.93. The van der Waals surface area contributed by atoms with Crippen LogP contribution in [0.3, 0.4) is 0 Å². The molecule has 0 bridgehead atoms. The zero-order chi connectivity index (χ0) is 18.7. The molecule has 7 heteroatoms. The zero-order valence-corrected chi connectivity index (χ0v) is 17.5. The van der Waals surface area contributed by atoms with E-state index < -0.39 is 14.6 Å². The molecule has 1 saturated carbocycles. The van der Waals surface area contributed by atoms with Crippen LogP contribution in [-0.2, 0) is 9.84 Å². The molecule has 0 atom stereocenters. The van der Waals surface area contributed by atoms with Gasteiger partial charge in [0.15, 0.2) is 15.8 Å². The standard InChI is InChI=1S/C18H36N4O2S/c1-6-19-16(22-12-13-25(23,24)17(2,3)15-22)20-14-18(21(4)5)10-8-7-9-11-18/h6-15H2,1-5H3,(H,19,20). The molecule has 146 valence electrons. The van der Waals surface area contributed by atoms with Gasteiger partial charge >= 0.3 is 0 Å². The summed E-state index contributed by atoms with van der Waals surface area (Å²) in [6, 6.07) is 0. The molecule has 2 rings (SSSR count). The fraction of sp³-hybridized carbons (Fsp3) is 0.944. The molecule has 25 heavy (non-hydrogen) atoms. The Labute approximate surface area is 154 Å². The van der Waals surface area contributed by atoms with Crippen molar-refractivity contribution in [2.45, 2.75) is 63.2 Å². The van der Waals surface area contributed by atoms with Crippen LogP contribution in [0.4, 0.5) is 0 Å². The van der Waals surface area contributed by atoms with Crippen molar-refractivity contribution in [3.05, 3.63) is 0 Å². The molecule has 1 aliphatic heterocycles. The molecule has 0 aromatic heterocycles. The third kappa shape index (κ3) is 4.48. The monoisotopic (exact) mass is 372 g/mol. The van der Waals surface area contributed by atoms with Crippen molar-refractivity contribution >= 4 is 15.8 Å². The molecule has 2 fully saturated rings. The first-order valence-electron chi connectivity index (χ1n) is 9.56. The van der Waals surface area contributed by atoms with Gasteiger partial charge in [-0.25, -0.2) is 8.42 Å². The third-order valence-corrected chi connectivity index (χ3v) is 8.47. The van der Waals surface area contributed by atoms with Crippen LogP contribution < -0.4 is 5.32 Å². The van der Waals surface area contributed by atoms with Gasteiger partial charge < -0.3 is 15.1 Å². The van der Waals surface area contributed by atoms with E-state index >= 15 is 0 Å². The van der Waals surface area contributed by atoms with E-state index in [1.54, 1.807) is 0 Å². The lowest BCUT2D eigenvalue weighted by Gasteiger charge is -2.43. The SMILES string of the molecule is CCNC(=NCC1(N(C)C)CCCCC1)N1CCS(=O)(=O)C(C)(C)C1. The van der Waals surface area contributed by atoms with Gasteiger partial charge in [-0.1, -0.05) is 19.3 Å². The number of hydrogen-bond donors (Lipinski definition) is 1. The molecular formula is C18H36N4O2S. The van der Waals surface area contributed by atoms with Gasteiger partial charge in [-0.3, -0.25) is 4.99 Å². The lowest BCUT2D eigenvalue weighted by atomic mass is 9.81. The molecule has 0 radical (unpaired) electrons. The minimum Gasteiger partial charge on any atom is -0.357 e. The molecule has 0 amide bonds. The van der Waals surface area contributed by atoms with Crippen LogP contribution in [0, 0.1) is 0 Å². The van der Waals surface area contributed by atoms with Crippen molar-refractivity contribution in [2.24, 2.45) is 4.99 Å². The van der Waals surface area contributed by atoms with Crippen LogP contribution in [0.15, 0.2) is 4.99 Å². The minimum atomic E-state index is -3.04. The van der Waals surface area contributed by atoms with Gasteiger partial charge in [0.1, 0.15) is 0 Å². The first-order chi connectivity index (χ1) is 11.6. The molecule has 1 N–H and O–H groups in total. The number of guanidine groups is 1. The van der Waals surface area contributed by atoms with Gasteiger partial charge in [-0.2, -0.15) is 0 Å². The van der Waals surface area contributed by atoms with Gasteiger partial charge in [0.25, 0.3) is 0 Å². The number of aliphatic imine (C=N–C) groups is 1. The second kappa shape index (κ2) is 7.82. The van der Waals surface area contributed by atoms with E-state index in [1.165, 1.54) is 32.1 Å². The highest BCUT2D eigenvalue weighted by Gasteiger charge is 2.41. The molecule has 2 aliphatic rings. The highest BCUT2D eigenvalue weighted by Crippen LogP contribution is 2.32. The number of rotatable bonds is 4. The van der Waals surface area contributed by atoms with E-state index in [-0.39, 0.29) is 11.3 Å². The van der Waals surface area contributed by atoms with E-state index in [1.807, 2.05) is 13.8 Å². The summed E-state index contributed by atoms with van der Waals surface area (Å²) in [5, 5.41) is 3.38. The maximum absolute atomic E-state index is 12.3. The van der Waals surface area contributed by atoms with Gasteiger partial charge in [0, 0.05) is 25.2 Å². The van der Waals surface area contributed by atoms with Gasteiger partial charge in [0.2, 0.25) is 0 Å². The first-order valence-corrected chi connectivity index (χ1v) is 11.2. The Kier molecular flexibility index (Phi) is 6.41. The summed E-state index contributed by atoms with van der Waals surface area (Å²) in [6.07, 6.45) is 6.21. The Morgan fingerprint density at radius 1 is 1.20 bits per heavy atom. The summed E-state index contributed by atoms with van der Waals surface area (Å²) >= 11 is 0. The predicted octanol–water partition coefficient (Wildman–Crippen LogP) is 1.73. The second-order valence-electron chi connectivity index (χ2n) is 8.35. The molecular weight excluding hydrogens is 336 g/mol. The summed E-state index contributed by atoms with van der Waals surface area (Å²) in [6.45, 7) is 8.27. The van der Waals surface area contributed by atoms with Crippen LogP contribution in [0.1, 0.15) is 52.9 Å². The Bertz CT molecular complexity index is 578. The number of sulfone groups is 1. The van der Waals surface area contributed by atoms with E-state index in [9.17, 15) is 8.42 Å². The number of nitrogens with one attached hydrogen (secondary N) is 1. The van der Waals surface area contributed by atoms with Crippen LogP contribution in [0.2, 0.25) is 0 Å². The number of likely N-dealkylation sites (N-methyl/N-ethyl adjacent to an activating group) is 1. The molecule has 0 aromatic carbocycles. The Hall–Kier alpha value is -0.820. The first kappa shape index (κ1) is 20.5. The Balaban J connectivity index is 2.18. The van der Waals surface area contributed by atoms with Crippen LogP contribution in [0.25, 0.3) is 0 Å². The normalized spacial score (nSPS) is 25.8. The van der Waals surface area contributed by atoms with Crippen molar-refractivity contribution in [1.29, 1.82) is 0 Å². The van der Waals surface area contributed by atoms with Crippen molar-refractivity contribution in [3.8, 4) is 0 Å². The van der Waals surface area contributed by atoms with Crippen LogP contribution >= 0.6 is 0 Å². The lowest BCUT2D eigenvalue weighted by Crippen LogP contribution is -2.57. The molecule has 1 aliphatic carbocycles. The molecule has 0 aromatic rings. The zero-order valence-electron chi connectivity index (χ0n) is 16.6. The minimum absolute atomic E-state index is 0.135. The van der Waals surface area contributed by atoms with Crippen LogP contribution in [0.5, 0.6) is 0 Å². The van der Waals surface area contributed by atoms with E-state index in [0.29, 0.717) is 13.1 Å². The van der Waals surface area contributed by atoms with Crippen molar-refractivity contribution < 1.29 is 8.42 Å². The highest BCUT2D eigenvalue weighted by molar-refractivity contribution is 7.92. The molecule has 6 nitrogen and oxygen atoms in total. The Morgan fingerprint density at radius 2 is 1.84 bits per heavy atom. The summed E-state index contributed by atoms with van der Waals surface area (Å²) in [7, 11) is 1.28. The molecule has 0 spiro atoms. The molecule has 1 heterocycles. The summed E-state index contributed by atoms with van der Waals surface area (Å²) in [5.41, 5.74) is 0.135. The average molecular weight is 373 g/mol. The van der Waals surface area contributed by atoms with Crippen molar-refractivity contribution in [2.75, 3.05) is 46.0 Å². The van der Waals surface area contributed by atoms with Crippen molar-refractivity contribution in [3.63, 3.8) is 0 Å². The predicted molar refractivity (Wildman–Crippen MR) is 105 cm³/mol. The van der Waals surface area contributed by atoms with E-state index in [4.69, 9.17) is 4.99 Å². The summed E-state index contributed by atoms with van der Waals surface area (Å²) < 4.78 is 23.8. The van der Waals surface area contributed by atoms with Crippen molar-refractivity contribution in [1.82, 2.24) is 15.1 Å². The fourth-order valence-corrected chi connectivity index (χ4v) is 5.29. The highest BCUT2D eigenvalue weighted by atomic mass is 32.2. The lowest BCUT2D eigenvalue weighted by molar-refractivity contribution is 0.109. The second-order valence-corrected chi connectivity index (χ2v) is 11.1. The van der Waals surface area contributed by atoms with Gasteiger partial charge in [0.05, 0.1) is 17.0 Å². The van der Waals surface area contributed by atoms with Crippen LogP contribution in [-0.4, -0.2) is 80.5 Å². The summed E-state index contributed by atoms with van der Waals surface area (Å²) in [4.78, 5) is 9.42. The number of hydrogen-bond acceptors (Lipinski definition) is 4. The fourth-order valence-electron chi connectivity index (χ4n) is 3.93. The maximum atomic E-state index is 12.3. The maximum Gasteiger partial charge on any atom is 0.194 e. The Morgan fingerprint density at radius 3 is 2.36 bits per heavy atom. The smallest absolute Gasteiger partial charge is 0.194 e. The largest absolute Gasteiger partial charge is 0.357 e. The van der Waals surface area contributed by atoms with E-state index in [0.717, 1.165) is 19.0 Å².